The Morgan fingerprint density at radius 3 is 2.08 bits per heavy atom. The Bertz CT molecular complexity index is 3590. The van der Waals surface area contributed by atoms with E-state index in [9.17, 15) is 78.3 Å². The van der Waals surface area contributed by atoms with Crippen molar-refractivity contribution >= 4 is 65.1 Å². The standard InChI is InChI=1S/C69H97N11O23/c1-10-37(4)53-62(92)78-56-43-21-23-44(24-22-43)102-41(8)69(98,35-99-30-15-14-28-70-48(82)19-16-20-49(83)71-32-47-58(88)59(89)66(103-47)80-29-26-51(85)74-68(80)97)27-25-50(84)72-33-52(86)100-34-45(67(96)101-40(7)55(64(94)75-53)77-60(90)38(5)57(87)36(2)3)73-63(93)54(39(6)81)76-61(91)46(79(9)65(56)95)31-42-17-12-11-13-18-42/h11-13,17-18,21-27,29,36-41,45-47,53-59,66,81,87-89,98H,10,14-16,19-20,28,30-35H2,1-9H3,(H,70,82)(H,71,83)(H,72,84)(H,73,93)(H,75,94)(H,76,91)(H,77,90)(H,78,92)(H,74,85,97)/b27-25+/t37-,38+,39+,40+,41-,45-,46-,47+,53+,54+,55-,56-,57+,58+,59+,66+,69+/m0/s1. The molecule has 0 spiro atoms. The molecule has 7 rings (SSSR count). The largest absolute Gasteiger partial charge is 0.487 e. The molecule has 1 aromatic heterocycles. The van der Waals surface area contributed by atoms with E-state index in [4.69, 9.17) is 23.7 Å². The van der Waals surface area contributed by atoms with Crippen LogP contribution in [0.15, 0.2) is 88.6 Å². The number of esters is 2. The smallest absolute Gasteiger partial charge is 0.332 e. The first-order valence-electron chi connectivity index (χ1n) is 34.2. The molecular formula is C69H97N11O23. The molecule has 9 amide bonds. The first-order chi connectivity index (χ1) is 48.7. The molecule has 4 aliphatic rings. The minimum atomic E-state index is -2.14. The number of aliphatic hydroxyl groups is 5. The molecule has 4 bridgehead atoms. The number of nitrogens with one attached hydrogen (secondary N) is 9. The summed E-state index contributed by atoms with van der Waals surface area (Å²) >= 11 is 0. The van der Waals surface area contributed by atoms with E-state index >= 15 is 9.59 Å². The van der Waals surface area contributed by atoms with E-state index in [1.165, 1.54) is 52.1 Å². The Hall–Kier alpha value is -9.45. The van der Waals surface area contributed by atoms with Gasteiger partial charge in [-0.3, -0.25) is 62.3 Å². The fourth-order valence-corrected chi connectivity index (χ4v) is 11.3. The fraction of sp³-hybridized carbons (Fsp3) is 0.580. The van der Waals surface area contributed by atoms with Crippen LogP contribution in [0.25, 0.3) is 0 Å². The number of aromatic nitrogens is 2. The zero-order valence-electron chi connectivity index (χ0n) is 59.0. The molecule has 2 saturated heterocycles. The normalized spacial score (nSPS) is 27.3. The molecule has 34 heteroatoms. The molecule has 5 heterocycles. The lowest BCUT2D eigenvalue weighted by atomic mass is 9.93. The predicted octanol–water partition coefficient (Wildman–Crippen LogP) is -3.03. The number of benzene rings is 2. The summed E-state index contributed by atoms with van der Waals surface area (Å²) in [7, 11) is 1.27. The molecule has 2 aromatic carbocycles. The highest BCUT2D eigenvalue weighted by atomic mass is 16.6. The molecule has 14 N–H and O–H groups in total. The number of carbonyl (C=O) groups is 11. The van der Waals surface area contributed by atoms with E-state index in [0.717, 1.165) is 40.8 Å². The lowest BCUT2D eigenvalue weighted by Crippen LogP contribution is -2.61. The molecule has 17 atom stereocenters. The molecule has 566 valence electrons. The summed E-state index contributed by atoms with van der Waals surface area (Å²) in [5.41, 5.74) is -3.09. The van der Waals surface area contributed by atoms with Crippen LogP contribution in [-0.2, 0) is 78.1 Å². The zero-order chi connectivity index (χ0) is 76.0. The highest BCUT2D eigenvalue weighted by Gasteiger charge is 2.46. The van der Waals surface area contributed by atoms with Gasteiger partial charge in [0.25, 0.3) is 5.56 Å². The van der Waals surface area contributed by atoms with E-state index in [0.29, 0.717) is 18.4 Å². The lowest BCUT2D eigenvalue weighted by Gasteiger charge is -2.34. The summed E-state index contributed by atoms with van der Waals surface area (Å²) in [6, 6.07) is 4.46. The number of fused-ring (bicyclic) bond motifs is 11. The molecule has 0 radical (unpaired) electrons. The predicted molar refractivity (Wildman–Crippen MR) is 364 cm³/mol. The summed E-state index contributed by atoms with van der Waals surface area (Å²) < 4.78 is 29.8. The van der Waals surface area contributed by atoms with Crippen molar-refractivity contribution < 1.29 is 102 Å². The van der Waals surface area contributed by atoms with Crippen molar-refractivity contribution in [3.05, 3.63) is 111 Å². The third-order valence-corrected chi connectivity index (χ3v) is 18.1. The number of hydrogen-bond donors (Lipinski definition) is 14. The highest BCUT2D eigenvalue weighted by Crippen LogP contribution is 2.29. The van der Waals surface area contributed by atoms with Gasteiger partial charge < -0.3 is 96.7 Å². The average Bonchev–Trinajstić information content (AvgIpc) is 1.73. The number of rotatable bonds is 23. The number of carbonyl (C=O) groups excluding carboxylic acids is 11. The van der Waals surface area contributed by atoms with Gasteiger partial charge in [-0.25, -0.2) is 9.59 Å². The van der Waals surface area contributed by atoms with Gasteiger partial charge in [0.2, 0.25) is 53.2 Å². The summed E-state index contributed by atoms with van der Waals surface area (Å²) in [4.78, 5) is 182. The van der Waals surface area contributed by atoms with E-state index in [2.05, 4.69) is 42.5 Å². The maximum absolute atomic E-state index is 15.4. The van der Waals surface area contributed by atoms with Crippen LogP contribution < -0.4 is 58.5 Å². The molecule has 2 fully saturated rings. The van der Waals surface area contributed by atoms with Crippen molar-refractivity contribution in [2.45, 2.75) is 191 Å². The number of aromatic amines is 1. The van der Waals surface area contributed by atoms with Gasteiger partial charge in [-0.05, 0) is 81.2 Å². The second-order valence-corrected chi connectivity index (χ2v) is 26.3. The van der Waals surface area contributed by atoms with Crippen LogP contribution in [0.5, 0.6) is 5.75 Å². The Labute approximate surface area is 594 Å². The molecule has 0 unspecified atom stereocenters. The van der Waals surface area contributed by atoms with Crippen LogP contribution in [0.2, 0.25) is 0 Å². The van der Waals surface area contributed by atoms with E-state index in [-0.39, 0.29) is 69.0 Å². The molecule has 3 aromatic rings. The van der Waals surface area contributed by atoms with Crippen LogP contribution in [0.1, 0.15) is 117 Å². The van der Waals surface area contributed by atoms with Crippen molar-refractivity contribution in [2.24, 2.45) is 17.8 Å². The summed E-state index contributed by atoms with van der Waals surface area (Å²) in [6.07, 6.45) is -7.62. The van der Waals surface area contributed by atoms with E-state index in [1.807, 2.05) is 4.98 Å². The van der Waals surface area contributed by atoms with Crippen LogP contribution in [0.3, 0.4) is 0 Å². The van der Waals surface area contributed by atoms with Gasteiger partial charge in [0.1, 0.15) is 85.2 Å². The number of aliphatic hydroxyl groups excluding tert-OH is 4. The quantitative estimate of drug-likeness (QED) is 0.0332. The first kappa shape index (κ1) is 82.5. The van der Waals surface area contributed by atoms with Gasteiger partial charge in [0, 0.05) is 64.3 Å². The highest BCUT2D eigenvalue weighted by molar-refractivity contribution is 5.98. The van der Waals surface area contributed by atoms with Crippen molar-refractivity contribution in [3.63, 3.8) is 0 Å². The number of H-pyrrole nitrogens is 1. The molecule has 0 aliphatic carbocycles. The van der Waals surface area contributed by atoms with Gasteiger partial charge >= 0.3 is 17.6 Å². The van der Waals surface area contributed by atoms with E-state index < -0.39 is 199 Å². The average molecular weight is 1450 g/mol. The SMILES string of the molecule is CC[C@H](C)[C@H]1NC(=O)[C@@H](NC(=O)[C@H](C)[C@H](O)C(C)C)[C@@H](C)OC(=O)[C@@H]2COC(=O)CNC(=O)/C=C/[C@@](O)(COCCCCNC(=O)CCCC(=O)NC[C@H]3O[C@@H](n4ccc(=O)[nH]c4=O)[C@H](O)[C@@H]3O)[C@H](C)Oc3ccc(cc3)[C@H](NC1=O)C(=O)N(C)[C@@H](Cc1ccccc1)C(=O)N[C@H]([C@@H](C)O)C(=O)N2. The van der Waals surface area contributed by atoms with Crippen molar-refractivity contribution in [1.82, 2.24) is 57.0 Å². The number of unbranched alkanes of at least 4 members (excludes halogenated alkanes) is 1. The third kappa shape index (κ3) is 23.5. The van der Waals surface area contributed by atoms with Crippen molar-refractivity contribution in [3.8, 4) is 5.75 Å². The van der Waals surface area contributed by atoms with Gasteiger partial charge in [0.05, 0.1) is 24.7 Å². The Balaban J connectivity index is 1.25. The lowest BCUT2D eigenvalue weighted by molar-refractivity contribution is -0.160. The van der Waals surface area contributed by atoms with Crippen LogP contribution in [0.4, 0.5) is 0 Å². The molecule has 0 saturated carbocycles. The molecule has 4 aliphatic heterocycles. The fourth-order valence-electron chi connectivity index (χ4n) is 11.3. The topological polar surface area (TPSA) is 489 Å². The first-order valence-corrected chi connectivity index (χ1v) is 34.2. The minimum Gasteiger partial charge on any atom is -0.487 e. The number of likely N-dealkylation sites (N-methyl/N-ethyl adjacent to an activating group) is 1. The van der Waals surface area contributed by atoms with Gasteiger partial charge in [-0.1, -0.05) is 83.5 Å². The summed E-state index contributed by atoms with van der Waals surface area (Å²) in [5.74, 6) is -12.8. The van der Waals surface area contributed by atoms with Gasteiger partial charge in [-0.15, -0.1) is 0 Å². The Morgan fingerprint density at radius 2 is 1.43 bits per heavy atom. The zero-order valence-corrected chi connectivity index (χ0v) is 59.0. The summed E-state index contributed by atoms with van der Waals surface area (Å²) in [5, 5.41) is 75.7. The maximum Gasteiger partial charge on any atom is 0.332 e. The minimum absolute atomic E-state index is 0.00288. The van der Waals surface area contributed by atoms with Crippen LogP contribution in [-0.4, -0.2) is 230 Å². The second-order valence-electron chi connectivity index (χ2n) is 26.3. The number of cyclic esters (lactones) is 1. The van der Waals surface area contributed by atoms with E-state index in [1.54, 1.807) is 58.0 Å². The third-order valence-electron chi connectivity index (χ3n) is 18.1. The van der Waals surface area contributed by atoms with Crippen molar-refractivity contribution in [1.29, 1.82) is 0 Å². The van der Waals surface area contributed by atoms with Gasteiger partial charge in [-0.2, -0.15) is 0 Å². The van der Waals surface area contributed by atoms with Gasteiger partial charge in [0.15, 0.2) is 12.3 Å². The molecule has 103 heavy (non-hydrogen) atoms. The second kappa shape index (κ2) is 38.7. The van der Waals surface area contributed by atoms with Crippen LogP contribution >= 0.6 is 0 Å². The number of ether oxygens (including phenoxy) is 5. The molecular weight excluding hydrogens is 1350 g/mol. The van der Waals surface area contributed by atoms with Crippen molar-refractivity contribution in [2.75, 3.05) is 46.5 Å². The number of amides is 9. The number of nitrogens with zero attached hydrogens (tertiary/aromatic N) is 2. The summed E-state index contributed by atoms with van der Waals surface area (Å²) in [6.45, 7) is 9.31. The Kier molecular flexibility index (Phi) is 31.0. The number of hydrogen-bond acceptors (Lipinski definition) is 23. The maximum atomic E-state index is 15.4. The molecule has 34 nitrogen and oxygen atoms in total. The Morgan fingerprint density at radius 1 is 0.767 bits per heavy atom. The van der Waals surface area contributed by atoms with Crippen LogP contribution in [0, 0.1) is 17.8 Å². The monoisotopic (exact) mass is 1450 g/mol.